The molecule has 2 rings (SSSR count). The topological polar surface area (TPSA) is 54.0 Å². The molecule has 31 heavy (non-hydrogen) atoms. The first kappa shape index (κ1) is 24.5. The third kappa shape index (κ3) is 6.86. The molecule has 1 heterocycles. The highest BCUT2D eigenvalue weighted by Gasteiger charge is 2.37. The van der Waals surface area contributed by atoms with Gasteiger partial charge in [-0.25, -0.2) is 4.79 Å². The van der Waals surface area contributed by atoms with Crippen LogP contribution in [-0.4, -0.2) is 17.1 Å². The van der Waals surface area contributed by atoms with E-state index in [1.165, 1.54) is 0 Å². The van der Waals surface area contributed by atoms with Gasteiger partial charge >= 0.3 is 18.4 Å². The highest BCUT2D eigenvalue weighted by atomic mass is 19.4. The molecule has 0 saturated carbocycles. The van der Waals surface area contributed by atoms with Crippen molar-refractivity contribution in [3.63, 3.8) is 0 Å². The van der Waals surface area contributed by atoms with Gasteiger partial charge in [-0.3, -0.25) is 4.98 Å². The monoisotopic (exact) mass is 447 g/mol. The molecule has 0 aliphatic carbocycles. The quantitative estimate of drug-likeness (QED) is 0.505. The molecule has 1 aromatic heterocycles. The second kappa shape index (κ2) is 10.0. The average molecular weight is 447 g/mol. The lowest BCUT2D eigenvalue weighted by Crippen LogP contribution is -2.43. The van der Waals surface area contributed by atoms with E-state index >= 15 is 0 Å². The Hall–Kier alpha value is -2.78. The van der Waals surface area contributed by atoms with Crippen LogP contribution in [0.1, 0.15) is 61.5 Å². The Morgan fingerprint density at radius 1 is 1.00 bits per heavy atom. The van der Waals surface area contributed by atoms with Crippen LogP contribution in [-0.2, 0) is 12.4 Å². The molecule has 2 aromatic rings. The number of hydrogen-bond donors (Lipinski definition) is 2. The standard InChI is InChI=1S/C21H23F6N3O/c1-3-4-6-13(2)29-19(31)30-17(14-8-10-15(11-9-14)20(22,23)24)18-16(21(25,26)27)7-5-12-28-18/h5,7-13,17H,3-4,6H2,1-2H3,(H2,29,30,31)/t13-,17?/m0/s1. The molecule has 0 saturated heterocycles. The maximum atomic E-state index is 13.5. The first-order valence-corrected chi connectivity index (χ1v) is 9.69. The predicted molar refractivity (Wildman–Crippen MR) is 103 cm³/mol. The molecule has 2 atom stereocenters. The summed E-state index contributed by atoms with van der Waals surface area (Å²) >= 11 is 0. The van der Waals surface area contributed by atoms with E-state index in [1.807, 2.05) is 6.92 Å². The van der Waals surface area contributed by atoms with Gasteiger partial charge in [0, 0.05) is 12.2 Å². The molecule has 0 radical (unpaired) electrons. The Morgan fingerprint density at radius 3 is 2.19 bits per heavy atom. The van der Waals surface area contributed by atoms with Gasteiger partial charge in [-0.15, -0.1) is 0 Å². The Bertz CT molecular complexity index is 865. The molecule has 0 spiro atoms. The van der Waals surface area contributed by atoms with Crippen molar-refractivity contribution in [3.8, 4) is 0 Å². The van der Waals surface area contributed by atoms with Crippen LogP contribution < -0.4 is 10.6 Å². The lowest BCUT2D eigenvalue weighted by atomic mass is 9.98. The van der Waals surface area contributed by atoms with E-state index < -0.39 is 41.2 Å². The highest BCUT2D eigenvalue weighted by Crippen LogP contribution is 2.36. The van der Waals surface area contributed by atoms with E-state index in [0.29, 0.717) is 6.42 Å². The van der Waals surface area contributed by atoms with Crippen LogP contribution in [0.4, 0.5) is 31.1 Å². The van der Waals surface area contributed by atoms with Crippen LogP contribution in [0.2, 0.25) is 0 Å². The molecule has 0 bridgehead atoms. The maximum Gasteiger partial charge on any atom is 0.418 e. The maximum absolute atomic E-state index is 13.5. The van der Waals surface area contributed by atoms with Crippen molar-refractivity contribution in [3.05, 3.63) is 65.0 Å². The smallest absolute Gasteiger partial charge is 0.336 e. The minimum absolute atomic E-state index is 0.0357. The summed E-state index contributed by atoms with van der Waals surface area (Å²) in [6.45, 7) is 3.73. The number of pyridine rings is 1. The van der Waals surface area contributed by atoms with Gasteiger partial charge < -0.3 is 10.6 Å². The Morgan fingerprint density at radius 2 is 1.65 bits per heavy atom. The SMILES string of the molecule is CCCC[C@H](C)NC(=O)NC(c1ccc(C(F)(F)F)cc1)c1ncccc1C(F)(F)F. The zero-order chi connectivity index (χ0) is 23.2. The number of nitrogens with zero attached hydrogens (tertiary/aromatic N) is 1. The summed E-state index contributed by atoms with van der Waals surface area (Å²) in [6, 6.07) is 3.09. The highest BCUT2D eigenvalue weighted by molar-refractivity contribution is 5.75. The van der Waals surface area contributed by atoms with Crippen molar-refractivity contribution >= 4 is 6.03 Å². The number of rotatable bonds is 7. The van der Waals surface area contributed by atoms with E-state index in [0.717, 1.165) is 55.4 Å². The molecule has 10 heteroatoms. The number of alkyl halides is 6. The Kier molecular flexibility index (Phi) is 7.91. The van der Waals surface area contributed by atoms with Crippen LogP contribution in [0.3, 0.4) is 0 Å². The second-order valence-corrected chi connectivity index (χ2v) is 7.15. The predicted octanol–water partition coefficient (Wildman–Crippen LogP) is 6.09. The average Bonchev–Trinajstić information content (AvgIpc) is 2.69. The number of benzene rings is 1. The summed E-state index contributed by atoms with van der Waals surface area (Å²) < 4.78 is 79.2. The molecule has 2 N–H and O–H groups in total. The number of amides is 2. The lowest BCUT2D eigenvalue weighted by Gasteiger charge is -2.24. The summed E-state index contributed by atoms with van der Waals surface area (Å²) in [4.78, 5) is 16.2. The van der Waals surface area contributed by atoms with Crippen molar-refractivity contribution in [2.45, 2.75) is 57.5 Å². The van der Waals surface area contributed by atoms with Crippen LogP contribution in [0.25, 0.3) is 0 Å². The van der Waals surface area contributed by atoms with Gasteiger partial charge in [0.15, 0.2) is 0 Å². The molecule has 0 fully saturated rings. The van der Waals surface area contributed by atoms with Gasteiger partial charge in [-0.1, -0.05) is 31.9 Å². The summed E-state index contributed by atoms with van der Waals surface area (Å²) in [6.07, 6.45) is -5.81. The Labute approximate surface area is 176 Å². The molecule has 170 valence electrons. The van der Waals surface area contributed by atoms with Gasteiger partial charge in [0.05, 0.1) is 22.9 Å². The molecule has 0 aliphatic rings. The van der Waals surface area contributed by atoms with E-state index in [4.69, 9.17) is 0 Å². The van der Waals surface area contributed by atoms with Crippen molar-refractivity contribution < 1.29 is 31.1 Å². The number of nitrogens with one attached hydrogen (secondary N) is 2. The fraction of sp³-hybridized carbons (Fsp3) is 0.429. The van der Waals surface area contributed by atoms with E-state index in [1.54, 1.807) is 6.92 Å². The number of halogens is 6. The molecule has 0 aliphatic heterocycles. The zero-order valence-corrected chi connectivity index (χ0v) is 16.9. The van der Waals surface area contributed by atoms with Crippen molar-refractivity contribution in [1.29, 1.82) is 0 Å². The number of urea groups is 1. The van der Waals surface area contributed by atoms with Crippen molar-refractivity contribution in [2.24, 2.45) is 0 Å². The normalized spacial score (nSPS) is 14.1. The molecule has 4 nitrogen and oxygen atoms in total. The number of carbonyl (C=O) groups excluding carboxylic acids is 1. The second-order valence-electron chi connectivity index (χ2n) is 7.15. The number of hydrogen-bond acceptors (Lipinski definition) is 2. The van der Waals surface area contributed by atoms with Crippen LogP contribution in [0.5, 0.6) is 0 Å². The van der Waals surface area contributed by atoms with E-state index in [-0.39, 0.29) is 11.6 Å². The van der Waals surface area contributed by atoms with Gasteiger partial charge in [0.1, 0.15) is 0 Å². The minimum Gasteiger partial charge on any atom is -0.336 e. The number of carbonyl (C=O) groups is 1. The van der Waals surface area contributed by atoms with Crippen molar-refractivity contribution in [1.82, 2.24) is 15.6 Å². The van der Waals surface area contributed by atoms with Crippen molar-refractivity contribution in [2.75, 3.05) is 0 Å². The summed E-state index contributed by atoms with van der Waals surface area (Å²) in [5.74, 6) is 0. The van der Waals surface area contributed by atoms with E-state index in [2.05, 4.69) is 15.6 Å². The molecular formula is C21H23F6N3O. The third-order valence-corrected chi connectivity index (χ3v) is 4.63. The first-order chi connectivity index (χ1) is 14.4. The number of aromatic nitrogens is 1. The zero-order valence-electron chi connectivity index (χ0n) is 16.9. The lowest BCUT2D eigenvalue weighted by molar-refractivity contribution is -0.139. The molecular weight excluding hydrogens is 424 g/mol. The fourth-order valence-corrected chi connectivity index (χ4v) is 3.04. The Balaban J connectivity index is 2.41. The first-order valence-electron chi connectivity index (χ1n) is 9.69. The van der Waals surface area contributed by atoms with Crippen LogP contribution in [0.15, 0.2) is 42.6 Å². The summed E-state index contributed by atoms with van der Waals surface area (Å²) in [5.41, 5.74) is -2.51. The van der Waals surface area contributed by atoms with Gasteiger partial charge in [0.25, 0.3) is 0 Å². The van der Waals surface area contributed by atoms with Gasteiger partial charge in [0.2, 0.25) is 0 Å². The van der Waals surface area contributed by atoms with E-state index in [9.17, 15) is 31.1 Å². The largest absolute Gasteiger partial charge is 0.418 e. The van der Waals surface area contributed by atoms with Gasteiger partial charge in [-0.05, 0) is 43.2 Å². The molecule has 1 unspecified atom stereocenters. The molecule has 1 aromatic carbocycles. The minimum atomic E-state index is -4.76. The summed E-state index contributed by atoms with van der Waals surface area (Å²) in [7, 11) is 0. The summed E-state index contributed by atoms with van der Waals surface area (Å²) in [5, 5.41) is 5.07. The van der Waals surface area contributed by atoms with Crippen LogP contribution in [0, 0.1) is 0 Å². The molecule has 2 amide bonds. The number of unbranched alkanes of at least 4 members (excludes halogenated alkanes) is 1. The fourth-order valence-electron chi connectivity index (χ4n) is 3.04. The van der Waals surface area contributed by atoms with Crippen LogP contribution >= 0.6 is 0 Å². The van der Waals surface area contributed by atoms with Gasteiger partial charge in [-0.2, -0.15) is 26.3 Å². The third-order valence-electron chi connectivity index (χ3n) is 4.63.